The highest BCUT2D eigenvalue weighted by Gasteiger charge is 2.27. The van der Waals surface area contributed by atoms with E-state index in [9.17, 15) is 9.59 Å². The summed E-state index contributed by atoms with van der Waals surface area (Å²) in [5.41, 5.74) is 5.72. The van der Waals surface area contributed by atoms with Gasteiger partial charge in [-0.15, -0.1) is 12.4 Å². The van der Waals surface area contributed by atoms with Crippen molar-refractivity contribution in [3.8, 4) is 5.75 Å². The van der Waals surface area contributed by atoms with Crippen LogP contribution >= 0.6 is 12.4 Å². The van der Waals surface area contributed by atoms with Gasteiger partial charge < -0.3 is 20.5 Å². The van der Waals surface area contributed by atoms with Gasteiger partial charge in [0, 0.05) is 6.54 Å². The molecule has 2 rings (SSSR count). The van der Waals surface area contributed by atoms with Crippen LogP contribution in [0.4, 0.5) is 0 Å². The fourth-order valence-electron chi connectivity index (χ4n) is 2.93. The van der Waals surface area contributed by atoms with Crippen LogP contribution in [0.25, 0.3) is 0 Å². The lowest BCUT2D eigenvalue weighted by Gasteiger charge is -2.27. The number of hydrogen-bond acceptors (Lipinski definition) is 5. The van der Waals surface area contributed by atoms with Crippen molar-refractivity contribution in [2.75, 3.05) is 13.2 Å². The van der Waals surface area contributed by atoms with Crippen LogP contribution in [0.1, 0.15) is 43.0 Å². The molecule has 0 heterocycles. The number of carbonyl (C=O) groups excluding carboxylic acids is 2. The second-order valence-electron chi connectivity index (χ2n) is 6.18. The molecule has 0 aromatic heterocycles. The third-order valence-electron chi connectivity index (χ3n) is 4.35. The number of halogens is 1. The summed E-state index contributed by atoms with van der Waals surface area (Å²) in [6.07, 6.45) is 3.34. The van der Waals surface area contributed by atoms with Crippen LogP contribution in [0, 0.1) is 17.2 Å². The molecule has 0 saturated heterocycles. The number of nitrogens with two attached hydrogens (primary N) is 1. The SMILES string of the molecule is CCOC(=O)c1ccc(OC(=O)C2CCC(CNC(=N)N)CC2)cc1.Cl. The van der Waals surface area contributed by atoms with E-state index in [0.717, 1.165) is 25.7 Å². The third kappa shape index (κ3) is 6.55. The number of esters is 2. The number of ether oxygens (including phenoxy) is 2. The highest BCUT2D eigenvalue weighted by molar-refractivity contribution is 5.89. The van der Waals surface area contributed by atoms with E-state index >= 15 is 0 Å². The van der Waals surface area contributed by atoms with Crippen LogP contribution in [0.5, 0.6) is 5.75 Å². The summed E-state index contributed by atoms with van der Waals surface area (Å²) in [5, 5.41) is 10.0. The first-order valence-electron chi connectivity index (χ1n) is 8.56. The number of nitrogens with one attached hydrogen (secondary N) is 2. The molecule has 1 aromatic carbocycles. The highest BCUT2D eigenvalue weighted by atomic mass is 35.5. The maximum absolute atomic E-state index is 12.3. The van der Waals surface area contributed by atoms with Crippen molar-refractivity contribution < 1.29 is 19.1 Å². The van der Waals surface area contributed by atoms with Gasteiger partial charge in [-0.1, -0.05) is 0 Å². The molecule has 0 amide bonds. The average molecular weight is 384 g/mol. The van der Waals surface area contributed by atoms with E-state index in [1.807, 2.05) is 0 Å². The molecule has 0 spiro atoms. The Morgan fingerprint density at radius 1 is 1.19 bits per heavy atom. The summed E-state index contributed by atoms with van der Waals surface area (Å²) in [6.45, 7) is 2.74. The van der Waals surface area contributed by atoms with Crippen molar-refractivity contribution in [2.24, 2.45) is 17.6 Å². The Kier molecular flexibility index (Phi) is 8.92. The molecule has 8 heteroatoms. The van der Waals surface area contributed by atoms with Crippen LogP contribution in [0.15, 0.2) is 24.3 Å². The van der Waals surface area contributed by atoms with Crippen molar-refractivity contribution in [1.82, 2.24) is 5.32 Å². The molecule has 1 aliphatic carbocycles. The monoisotopic (exact) mass is 383 g/mol. The first-order valence-corrected chi connectivity index (χ1v) is 8.56. The Balaban J connectivity index is 0.00000338. The zero-order valence-corrected chi connectivity index (χ0v) is 15.6. The first-order chi connectivity index (χ1) is 12.0. The zero-order chi connectivity index (χ0) is 18.2. The molecule has 1 aromatic rings. The Morgan fingerprint density at radius 2 is 1.81 bits per heavy atom. The molecule has 7 nitrogen and oxygen atoms in total. The molecule has 1 saturated carbocycles. The largest absolute Gasteiger partial charge is 0.462 e. The average Bonchev–Trinajstić information content (AvgIpc) is 2.61. The van der Waals surface area contributed by atoms with Gasteiger partial charge in [-0.05, 0) is 62.8 Å². The van der Waals surface area contributed by atoms with E-state index < -0.39 is 5.97 Å². The van der Waals surface area contributed by atoms with Gasteiger partial charge in [0.1, 0.15) is 5.75 Å². The van der Waals surface area contributed by atoms with Crippen molar-refractivity contribution in [3.05, 3.63) is 29.8 Å². The van der Waals surface area contributed by atoms with E-state index in [2.05, 4.69) is 5.32 Å². The summed E-state index contributed by atoms with van der Waals surface area (Å²) >= 11 is 0. The maximum Gasteiger partial charge on any atom is 0.338 e. The van der Waals surface area contributed by atoms with Crippen molar-refractivity contribution in [1.29, 1.82) is 5.41 Å². The Bertz CT molecular complexity index is 613. The van der Waals surface area contributed by atoms with Gasteiger partial charge in [0.2, 0.25) is 0 Å². The van der Waals surface area contributed by atoms with Crippen LogP contribution in [0.2, 0.25) is 0 Å². The molecule has 0 radical (unpaired) electrons. The van der Waals surface area contributed by atoms with Crippen molar-refractivity contribution in [2.45, 2.75) is 32.6 Å². The lowest BCUT2D eigenvalue weighted by molar-refractivity contribution is -0.140. The Labute approximate surface area is 159 Å². The second-order valence-corrected chi connectivity index (χ2v) is 6.18. The fourth-order valence-corrected chi connectivity index (χ4v) is 2.93. The summed E-state index contributed by atoms with van der Waals surface area (Å²) in [5.74, 6) is 0.0982. The lowest BCUT2D eigenvalue weighted by atomic mass is 9.82. The van der Waals surface area contributed by atoms with Crippen LogP contribution in [-0.2, 0) is 9.53 Å². The predicted octanol–water partition coefficient (Wildman–Crippen LogP) is 2.48. The Morgan fingerprint density at radius 3 is 2.35 bits per heavy atom. The van der Waals surface area contributed by atoms with E-state index in [1.54, 1.807) is 31.2 Å². The number of carbonyl (C=O) groups is 2. The smallest absolute Gasteiger partial charge is 0.338 e. The molecule has 1 aliphatic rings. The van der Waals surface area contributed by atoms with Gasteiger partial charge in [0.25, 0.3) is 0 Å². The lowest BCUT2D eigenvalue weighted by Crippen LogP contribution is -2.36. The normalized spacial score (nSPS) is 19.0. The van der Waals surface area contributed by atoms with Crippen molar-refractivity contribution >= 4 is 30.3 Å². The van der Waals surface area contributed by atoms with E-state index in [4.69, 9.17) is 20.6 Å². The summed E-state index contributed by atoms with van der Waals surface area (Å²) in [7, 11) is 0. The topological polar surface area (TPSA) is 114 Å². The van der Waals surface area contributed by atoms with Gasteiger partial charge >= 0.3 is 11.9 Å². The van der Waals surface area contributed by atoms with Gasteiger partial charge in [-0.2, -0.15) is 0 Å². The van der Waals surface area contributed by atoms with E-state index in [1.165, 1.54) is 0 Å². The molecule has 0 unspecified atom stereocenters. The minimum Gasteiger partial charge on any atom is -0.462 e. The third-order valence-corrected chi connectivity index (χ3v) is 4.35. The molecule has 26 heavy (non-hydrogen) atoms. The summed E-state index contributed by atoms with van der Waals surface area (Å²) in [6, 6.07) is 6.38. The number of rotatable bonds is 6. The van der Waals surface area contributed by atoms with E-state index in [-0.39, 0.29) is 30.3 Å². The first kappa shape index (κ1) is 21.8. The number of guanidine groups is 1. The van der Waals surface area contributed by atoms with Crippen LogP contribution in [0.3, 0.4) is 0 Å². The molecular weight excluding hydrogens is 358 g/mol. The minimum absolute atomic E-state index is 0. The summed E-state index contributed by atoms with van der Waals surface area (Å²) in [4.78, 5) is 23.9. The second kappa shape index (κ2) is 10.7. The van der Waals surface area contributed by atoms with Crippen LogP contribution in [-0.4, -0.2) is 31.0 Å². The highest BCUT2D eigenvalue weighted by Crippen LogP contribution is 2.29. The maximum atomic E-state index is 12.3. The van der Waals surface area contributed by atoms with Gasteiger partial charge in [-0.25, -0.2) is 4.79 Å². The molecule has 0 bridgehead atoms. The minimum atomic E-state index is -0.391. The summed E-state index contributed by atoms with van der Waals surface area (Å²) < 4.78 is 10.3. The Hall–Kier alpha value is -2.28. The molecular formula is C18H26ClN3O4. The van der Waals surface area contributed by atoms with E-state index in [0.29, 0.717) is 30.4 Å². The van der Waals surface area contributed by atoms with Gasteiger partial charge in [0.15, 0.2) is 5.96 Å². The van der Waals surface area contributed by atoms with Gasteiger partial charge in [-0.3, -0.25) is 10.2 Å². The molecule has 0 atom stereocenters. The van der Waals surface area contributed by atoms with Gasteiger partial charge in [0.05, 0.1) is 18.1 Å². The standard InChI is InChI=1S/C18H25N3O4.ClH/c1-2-24-16(22)13-7-9-15(10-8-13)25-17(23)14-5-3-12(4-6-14)11-21-18(19)20;/h7-10,12,14H,2-6,11H2,1H3,(H4,19,20,21);1H. The quantitative estimate of drug-likeness (QED) is 0.301. The molecule has 1 fully saturated rings. The predicted molar refractivity (Wildman–Crippen MR) is 101 cm³/mol. The molecule has 4 N–H and O–H groups in total. The van der Waals surface area contributed by atoms with Crippen molar-refractivity contribution in [3.63, 3.8) is 0 Å². The molecule has 144 valence electrons. The fraction of sp³-hybridized carbons (Fsp3) is 0.500. The molecule has 0 aliphatic heterocycles. The number of benzene rings is 1. The zero-order valence-electron chi connectivity index (χ0n) is 14.8. The van der Waals surface area contributed by atoms with Crippen LogP contribution < -0.4 is 15.8 Å². The number of hydrogen-bond donors (Lipinski definition) is 3.